The van der Waals surface area contributed by atoms with Crippen LogP contribution in [0.3, 0.4) is 0 Å². The zero-order valence-electron chi connectivity index (χ0n) is 10.9. The molecule has 1 nitrogen and oxygen atoms in total. The van der Waals surface area contributed by atoms with Gasteiger partial charge in [0.05, 0.1) is 0 Å². The van der Waals surface area contributed by atoms with E-state index in [1.807, 2.05) is 0 Å². The van der Waals surface area contributed by atoms with Gasteiger partial charge in [-0.15, -0.1) is 11.8 Å². The minimum Gasteiger partial charge on any atom is -0.486 e. The van der Waals surface area contributed by atoms with E-state index in [2.05, 4.69) is 4.74 Å². The average Bonchev–Trinajstić information content (AvgIpc) is 2.44. The Balaban J connectivity index is 2.95. The lowest BCUT2D eigenvalue weighted by molar-refractivity contribution is -0.342. The van der Waals surface area contributed by atoms with E-state index in [9.17, 15) is 35.1 Å². The lowest BCUT2D eigenvalue weighted by Gasteiger charge is -2.32. The highest BCUT2D eigenvalue weighted by Gasteiger charge is 2.75. The molecule has 0 amide bonds. The van der Waals surface area contributed by atoms with Crippen molar-refractivity contribution < 1.29 is 39.9 Å². The molecule has 1 rings (SSSR count). The summed E-state index contributed by atoms with van der Waals surface area (Å²) in [6.45, 7) is -2.17. The lowest BCUT2D eigenvalue weighted by Crippen LogP contribution is -2.59. The standard InChI is InChI=1S/C12H10F8OS/c1-22-8-5-3-2-4-7(8)21-6-10(15,16)12(19,20)11(17,18)9(13)14/h2-5,9H,6H2,1H3. The molecule has 1 aromatic carbocycles. The van der Waals surface area contributed by atoms with Gasteiger partial charge in [-0.25, -0.2) is 8.78 Å². The molecule has 0 unspecified atom stereocenters. The van der Waals surface area contributed by atoms with E-state index < -0.39 is 30.8 Å². The van der Waals surface area contributed by atoms with E-state index in [1.165, 1.54) is 18.2 Å². The van der Waals surface area contributed by atoms with Crippen LogP contribution < -0.4 is 4.74 Å². The Morgan fingerprint density at radius 1 is 1.05 bits per heavy atom. The summed E-state index contributed by atoms with van der Waals surface area (Å²) in [5, 5.41) is 0. The van der Waals surface area contributed by atoms with E-state index in [0.717, 1.165) is 17.8 Å². The first kappa shape index (κ1) is 18.9. The van der Waals surface area contributed by atoms with Gasteiger partial charge in [-0.3, -0.25) is 0 Å². The largest absolute Gasteiger partial charge is 0.486 e. The number of hydrogen-bond acceptors (Lipinski definition) is 2. The van der Waals surface area contributed by atoms with Gasteiger partial charge in [-0.1, -0.05) is 12.1 Å². The number of halogens is 8. The van der Waals surface area contributed by atoms with E-state index in [4.69, 9.17) is 0 Å². The zero-order valence-corrected chi connectivity index (χ0v) is 11.8. The molecule has 0 heterocycles. The Morgan fingerprint density at radius 3 is 2.09 bits per heavy atom. The van der Waals surface area contributed by atoms with Crippen LogP contribution in [0, 0.1) is 0 Å². The fraction of sp³-hybridized carbons (Fsp3) is 0.500. The van der Waals surface area contributed by atoms with Gasteiger partial charge in [0.2, 0.25) is 0 Å². The summed E-state index contributed by atoms with van der Waals surface area (Å²) in [5.74, 6) is -18.2. The van der Waals surface area contributed by atoms with Crippen molar-refractivity contribution in [1.82, 2.24) is 0 Å². The number of ether oxygens (including phenoxy) is 1. The smallest absolute Gasteiger partial charge is 0.381 e. The molecule has 0 aliphatic rings. The number of para-hydroxylation sites is 1. The molecule has 1 aromatic rings. The second-order valence-electron chi connectivity index (χ2n) is 4.14. The summed E-state index contributed by atoms with van der Waals surface area (Å²) < 4.78 is 106. The van der Waals surface area contributed by atoms with Crippen molar-refractivity contribution in [2.75, 3.05) is 12.9 Å². The molecule has 126 valence electrons. The van der Waals surface area contributed by atoms with Crippen LogP contribution in [0.4, 0.5) is 35.1 Å². The molecule has 0 radical (unpaired) electrons. The Bertz CT molecular complexity index is 506. The molecule has 0 saturated heterocycles. The molecular formula is C12H10F8OS. The van der Waals surface area contributed by atoms with Crippen molar-refractivity contribution in [1.29, 1.82) is 0 Å². The molecule has 0 aliphatic carbocycles. The summed E-state index contributed by atoms with van der Waals surface area (Å²) in [5.41, 5.74) is 0. The minimum absolute atomic E-state index is 0.245. The van der Waals surface area contributed by atoms with Gasteiger partial charge < -0.3 is 4.74 Å². The van der Waals surface area contributed by atoms with Crippen molar-refractivity contribution in [2.24, 2.45) is 0 Å². The van der Waals surface area contributed by atoms with Crippen LogP contribution in [-0.4, -0.2) is 37.1 Å². The fourth-order valence-electron chi connectivity index (χ4n) is 1.38. The fourth-order valence-corrected chi connectivity index (χ4v) is 1.92. The van der Waals surface area contributed by atoms with E-state index in [-0.39, 0.29) is 5.75 Å². The number of rotatable bonds is 7. The Hall–Kier alpha value is -1.19. The maximum atomic E-state index is 13.3. The molecule has 0 aromatic heterocycles. The van der Waals surface area contributed by atoms with Crippen molar-refractivity contribution in [3.63, 3.8) is 0 Å². The van der Waals surface area contributed by atoms with Gasteiger partial charge in [0.1, 0.15) is 5.75 Å². The van der Waals surface area contributed by atoms with Crippen LogP contribution >= 0.6 is 11.8 Å². The Kier molecular flexibility index (Phi) is 5.58. The molecule has 22 heavy (non-hydrogen) atoms. The van der Waals surface area contributed by atoms with E-state index in [0.29, 0.717) is 4.90 Å². The van der Waals surface area contributed by atoms with Crippen LogP contribution in [-0.2, 0) is 0 Å². The second-order valence-corrected chi connectivity index (χ2v) is 4.99. The number of hydrogen-bond donors (Lipinski definition) is 0. The predicted molar refractivity (Wildman–Crippen MR) is 64.6 cm³/mol. The molecule has 10 heteroatoms. The predicted octanol–water partition coefficient (Wildman–Crippen LogP) is 4.96. The maximum absolute atomic E-state index is 13.3. The van der Waals surface area contributed by atoms with Crippen LogP contribution in [0.1, 0.15) is 0 Å². The molecule has 0 spiro atoms. The number of benzene rings is 1. The highest BCUT2D eigenvalue weighted by molar-refractivity contribution is 7.98. The quantitative estimate of drug-likeness (QED) is 0.506. The molecule has 0 aliphatic heterocycles. The van der Waals surface area contributed by atoms with Crippen LogP contribution in [0.15, 0.2) is 29.2 Å². The molecule has 0 saturated carbocycles. The molecular weight excluding hydrogens is 344 g/mol. The first-order chi connectivity index (χ1) is 9.97. The van der Waals surface area contributed by atoms with Gasteiger partial charge in [0.25, 0.3) is 0 Å². The summed E-state index contributed by atoms with van der Waals surface area (Å²) in [4.78, 5) is 0.294. The topological polar surface area (TPSA) is 9.23 Å². The first-order valence-corrected chi connectivity index (χ1v) is 6.87. The van der Waals surface area contributed by atoms with Gasteiger partial charge in [0.15, 0.2) is 6.61 Å². The third-order valence-electron chi connectivity index (χ3n) is 2.63. The third-order valence-corrected chi connectivity index (χ3v) is 3.41. The Labute approximate surface area is 124 Å². The molecule has 0 fully saturated rings. The molecule has 0 bridgehead atoms. The Morgan fingerprint density at radius 2 is 1.59 bits per heavy atom. The number of alkyl halides is 8. The van der Waals surface area contributed by atoms with Crippen molar-refractivity contribution in [2.45, 2.75) is 29.1 Å². The van der Waals surface area contributed by atoms with Crippen LogP contribution in [0.5, 0.6) is 5.75 Å². The molecule has 0 atom stereocenters. The first-order valence-electron chi connectivity index (χ1n) is 5.65. The monoisotopic (exact) mass is 354 g/mol. The third kappa shape index (κ3) is 3.41. The summed E-state index contributed by atoms with van der Waals surface area (Å²) >= 11 is 1.04. The van der Waals surface area contributed by atoms with Gasteiger partial charge >= 0.3 is 24.2 Å². The highest BCUT2D eigenvalue weighted by Crippen LogP contribution is 2.48. The second kappa shape index (κ2) is 6.51. The van der Waals surface area contributed by atoms with Crippen molar-refractivity contribution in [3.8, 4) is 5.75 Å². The van der Waals surface area contributed by atoms with Crippen molar-refractivity contribution >= 4 is 11.8 Å². The summed E-state index contributed by atoms with van der Waals surface area (Å²) in [6, 6.07) is 5.44. The SMILES string of the molecule is CSc1ccccc1OCC(F)(F)C(F)(F)C(F)(F)C(F)F. The van der Waals surface area contributed by atoms with Crippen LogP contribution in [0.2, 0.25) is 0 Å². The van der Waals surface area contributed by atoms with Crippen molar-refractivity contribution in [3.05, 3.63) is 24.3 Å². The van der Waals surface area contributed by atoms with E-state index in [1.54, 1.807) is 6.26 Å². The zero-order chi connectivity index (χ0) is 17.2. The molecule has 0 N–H and O–H groups in total. The van der Waals surface area contributed by atoms with E-state index >= 15 is 0 Å². The van der Waals surface area contributed by atoms with Gasteiger partial charge in [-0.05, 0) is 18.4 Å². The highest BCUT2D eigenvalue weighted by atomic mass is 32.2. The average molecular weight is 354 g/mol. The van der Waals surface area contributed by atoms with Gasteiger partial charge in [0, 0.05) is 4.90 Å². The normalized spacial score (nSPS) is 13.5. The van der Waals surface area contributed by atoms with Gasteiger partial charge in [-0.2, -0.15) is 26.3 Å². The number of thioether (sulfide) groups is 1. The minimum atomic E-state index is -6.26. The summed E-state index contributed by atoms with van der Waals surface area (Å²) in [6.07, 6.45) is -3.40. The summed E-state index contributed by atoms with van der Waals surface area (Å²) in [7, 11) is 0. The van der Waals surface area contributed by atoms with Crippen LogP contribution in [0.25, 0.3) is 0 Å². The maximum Gasteiger partial charge on any atom is 0.381 e. The lowest BCUT2D eigenvalue weighted by atomic mass is 10.1.